The molecule has 0 aromatic carbocycles. The van der Waals surface area contributed by atoms with Crippen LogP contribution in [-0.4, -0.2) is 36.7 Å². The Morgan fingerprint density at radius 1 is 1.47 bits per heavy atom. The van der Waals surface area contributed by atoms with Crippen LogP contribution in [0.1, 0.15) is 32.5 Å². The molecule has 2 N–H and O–H groups in total. The van der Waals surface area contributed by atoms with Gasteiger partial charge >= 0.3 is 5.97 Å². The smallest absolute Gasteiger partial charge is 0.313 e. The summed E-state index contributed by atoms with van der Waals surface area (Å²) in [7, 11) is 0. The first-order valence-corrected chi connectivity index (χ1v) is 7.34. The molecule has 1 aromatic rings. The van der Waals surface area contributed by atoms with Crippen molar-refractivity contribution in [1.82, 2.24) is 14.8 Å². The van der Waals surface area contributed by atoms with Gasteiger partial charge in [0, 0.05) is 6.54 Å². The van der Waals surface area contributed by atoms with Crippen LogP contribution in [0, 0.1) is 11.3 Å². The van der Waals surface area contributed by atoms with E-state index in [1.165, 1.54) is 0 Å². The van der Waals surface area contributed by atoms with Crippen molar-refractivity contribution in [2.24, 2.45) is 11.3 Å². The number of aromatic nitrogens is 3. The fourth-order valence-electron chi connectivity index (χ4n) is 2.22. The minimum Gasteiger partial charge on any atom is -0.481 e. The Morgan fingerprint density at radius 3 is 2.63 bits per heavy atom. The topological polar surface area (TPSA) is 88.2 Å². The second-order valence-corrected chi connectivity index (χ2v) is 6.29. The lowest BCUT2D eigenvalue weighted by Gasteiger charge is -2.21. The lowest BCUT2D eigenvalue weighted by molar-refractivity contribution is -0.133. The van der Waals surface area contributed by atoms with E-state index >= 15 is 0 Å². The van der Waals surface area contributed by atoms with Crippen LogP contribution in [0.5, 0.6) is 0 Å². The molecule has 2 rings (SSSR count). The highest BCUT2D eigenvalue weighted by Gasteiger charge is 2.46. The Bertz CT molecular complexity index is 469. The fraction of sp³-hybridized carbons (Fsp3) is 0.750. The van der Waals surface area contributed by atoms with Crippen molar-refractivity contribution in [3.8, 4) is 0 Å². The zero-order chi connectivity index (χ0) is 14.0. The van der Waals surface area contributed by atoms with E-state index in [0.717, 1.165) is 31.1 Å². The summed E-state index contributed by atoms with van der Waals surface area (Å²) < 4.78 is 1.88. The molecular weight excluding hydrogens is 266 g/mol. The highest BCUT2D eigenvalue weighted by atomic mass is 32.2. The summed E-state index contributed by atoms with van der Waals surface area (Å²) in [5.74, 6) is 0.145. The normalized spacial score (nSPS) is 16.8. The van der Waals surface area contributed by atoms with Gasteiger partial charge in [-0.2, -0.15) is 0 Å². The Labute approximate surface area is 116 Å². The number of carboxylic acids is 1. The van der Waals surface area contributed by atoms with Gasteiger partial charge in [0.1, 0.15) is 6.61 Å². The van der Waals surface area contributed by atoms with Crippen LogP contribution < -0.4 is 0 Å². The Balaban J connectivity index is 2.17. The second kappa shape index (κ2) is 5.50. The highest BCUT2D eigenvalue weighted by molar-refractivity contribution is 7.99. The fourth-order valence-corrected chi connectivity index (χ4v) is 2.90. The van der Waals surface area contributed by atoms with Crippen LogP contribution >= 0.6 is 11.8 Å². The van der Waals surface area contributed by atoms with Gasteiger partial charge in [-0.05, 0) is 24.2 Å². The number of hydrogen-bond acceptors (Lipinski definition) is 5. The van der Waals surface area contributed by atoms with E-state index in [1.54, 1.807) is 0 Å². The maximum Gasteiger partial charge on any atom is 0.313 e. The summed E-state index contributed by atoms with van der Waals surface area (Å²) in [6.07, 6.45) is 2.33. The number of aliphatic hydroxyl groups excluding tert-OH is 1. The number of carboxylic acid groups (broad SMARTS) is 1. The number of aliphatic hydroxyl groups is 1. The number of rotatable bonds is 7. The molecule has 0 spiro atoms. The summed E-state index contributed by atoms with van der Waals surface area (Å²) in [5, 5.41) is 26.5. The van der Waals surface area contributed by atoms with Crippen molar-refractivity contribution in [3.63, 3.8) is 0 Å². The molecule has 0 unspecified atom stereocenters. The molecule has 0 amide bonds. The monoisotopic (exact) mass is 285 g/mol. The summed E-state index contributed by atoms with van der Waals surface area (Å²) in [5.41, 5.74) is 0.255. The summed E-state index contributed by atoms with van der Waals surface area (Å²) >= 11 is 1.15. The van der Waals surface area contributed by atoms with Gasteiger partial charge in [0.25, 0.3) is 0 Å². The molecule has 1 fully saturated rings. The predicted octanol–water partition coefficient (Wildman–Crippen LogP) is 1.38. The average Bonchev–Trinajstić information content (AvgIpc) is 3.03. The standard InChI is InChI=1S/C12H19N3O3S/c1-8(2)12(3-4-12)7-15-9(5-16)13-14-11(15)19-6-10(17)18/h8,16H,3-7H2,1-2H3,(H,17,18). The van der Waals surface area contributed by atoms with Gasteiger partial charge in [0.15, 0.2) is 11.0 Å². The molecule has 1 aliphatic carbocycles. The molecule has 1 aliphatic rings. The molecule has 6 nitrogen and oxygen atoms in total. The first-order chi connectivity index (χ1) is 8.98. The molecule has 1 aromatic heterocycles. The third kappa shape index (κ3) is 3.09. The Hall–Kier alpha value is -1.08. The molecule has 1 saturated carbocycles. The van der Waals surface area contributed by atoms with Gasteiger partial charge in [-0.15, -0.1) is 10.2 Å². The molecule has 0 atom stereocenters. The van der Waals surface area contributed by atoms with Gasteiger partial charge in [-0.3, -0.25) is 4.79 Å². The summed E-state index contributed by atoms with van der Waals surface area (Å²) in [4.78, 5) is 10.6. The van der Waals surface area contributed by atoms with Gasteiger partial charge in [0.05, 0.1) is 5.75 Å². The number of thioether (sulfide) groups is 1. The van der Waals surface area contributed by atoms with Gasteiger partial charge < -0.3 is 14.8 Å². The lowest BCUT2D eigenvalue weighted by Crippen LogP contribution is -2.20. The zero-order valence-electron chi connectivity index (χ0n) is 11.2. The largest absolute Gasteiger partial charge is 0.481 e. The van der Waals surface area contributed by atoms with Crippen molar-refractivity contribution in [3.05, 3.63) is 5.82 Å². The molecular formula is C12H19N3O3S. The van der Waals surface area contributed by atoms with E-state index in [1.807, 2.05) is 4.57 Å². The van der Waals surface area contributed by atoms with E-state index < -0.39 is 5.97 Å². The molecule has 106 valence electrons. The predicted molar refractivity (Wildman–Crippen MR) is 70.8 cm³/mol. The third-order valence-corrected chi connectivity index (χ3v) is 4.80. The average molecular weight is 285 g/mol. The molecule has 19 heavy (non-hydrogen) atoms. The van der Waals surface area contributed by atoms with Crippen LogP contribution in [0.4, 0.5) is 0 Å². The Kier molecular flexibility index (Phi) is 4.15. The van der Waals surface area contributed by atoms with Crippen LogP contribution in [0.3, 0.4) is 0 Å². The Morgan fingerprint density at radius 2 is 2.16 bits per heavy atom. The molecule has 0 aliphatic heterocycles. The quantitative estimate of drug-likeness (QED) is 0.736. The van der Waals surface area contributed by atoms with Crippen LogP contribution in [0.2, 0.25) is 0 Å². The van der Waals surface area contributed by atoms with E-state index in [-0.39, 0.29) is 17.8 Å². The van der Waals surface area contributed by atoms with Crippen LogP contribution in [-0.2, 0) is 17.9 Å². The third-order valence-electron chi connectivity index (χ3n) is 3.85. The second-order valence-electron chi connectivity index (χ2n) is 5.34. The minimum absolute atomic E-state index is 0.0434. The number of hydrogen-bond donors (Lipinski definition) is 2. The SMILES string of the molecule is CC(C)C1(Cn2c(CO)nnc2SCC(=O)O)CC1. The molecule has 0 radical (unpaired) electrons. The van der Waals surface area contributed by atoms with E-state index in [2.05, 4.69) is 24.0 Å². The van der Waals surface area contributed by atoms with E-state index in [9.17, 15) is 9.90 Å². The van der Waals surface area contributed by atoms with Gasteiger partial charge in [-0.1, -0.05) is 25.6 Å². The number of carbonyl (C=O) groups is 1. The number of nitrogens with zero attached hydrogens (tertiary/aromatic N) is 3. The van der Waals surface area contributed by atoms with Crippen molar-refractivity contribution < 1.29 is 15.0 Å². The zero-order valence-corrected chi connectivity index (χ0v) is 12.0. The highest BCUT2D eigenvalue weighted by Crippen LogP contribution is 2.53. The first kappa shape index (κ1) is 14.3. The molecule has 0 saturated heterocycles. The summed E-state index contributed by atoms with van der Waals surface area (Å²) in [6.45, 7) is 4.98. The van der Waals surface area contributed by atoms with Crippen molar-refractivity contribution in [2.45, 2.75) is 45.0 Å². The van der Waals surface area contributed by atoms with Crippen LogP contribution in [0.15, 0.2) is 5.16 Å². The summed E-state index contributed by atoms with van der Waals surface area (Å²) in [6, 6.07) is 0. The first-order valence-electron chi connectivity index (χ1n) is 6.36. The maximum atomic E-state index is 10.6. The van der Waals surface area contributed by atoms with Gasteiger partial charge in [-0.25, -0.2) is 0 Å². The van der Waals surface area contributed by atoms with E-state index in [0.29, 0.717) is 16.9 Å². The van der Waals surface area contributed by atoms with Crippen molar-refractivity contribution in [2.75, 3.05) is 5.75 Å². The molecule has 0 bridgehead atoms. The maximum absolute atomic E-state index is 10.6. The van der Waals surface area contributed by atoms with Crippen molar-refractivity contribution >= 4 is 17.7 Å². The minimum atomic E-state index is -0.880. The van der Waals surface area contributed by atoms with E-state index in [4.69, 9.17) is 5.11 Å². The molecule has 1 heterocycles. The molecule has 7 heteroatoms. The van der Waals surface area contributed by atoms with Crippen LogP contribution in [0.25, 0.3) is 0 Å². The lowest BCUT2D eigenvalue weighted by atomic mass is 9.92. The van der Waals surface area contributed by atoms with Gasteiger partial charge in [0.2, 0.25) is 0 Å². The van der Waals surface area contributed by atoms with Crippen molar-refractivity contribution in [1.29, 1.82) is 0 Å². The number of aliphatic carboxylic acids is 1.